The highest BCUT2D eigenvalue weighted by Gasteiger charge is 2.20. The molecule has 3 rings (SSSR count). The number of rotatable bonds is 7. The Morgan fingerprint density at radius 3 is 2.48 bits per heavy atom. The van der Waals surface area contributed by atoms with Crippen LogP contribution in [0.5, 0.6) is 5.75 Å². The van der Waals surface area contributed by atoms with Crippen LogP contribution in [-0.2, 0) is 11.3 Å². The van der Waals surface area contributed by atoms with E-state index in [4.69, 9.17) is 27.9 Å². The molecule has 8 heteroatoms. The number of nitro benzene ring substituents is 1. The van der Waals surface area contributed by atoms with Gasteiger partial charge in [-0.05, 0) is 23.8 Å². The highest BCUT2D eigenvalue weighted by molar-refractivity contribution is 6.34. The molecule has 0 unspecified atom stereocenters. The number of carbonyl (C=O) groups is 1. The molecule has 0 spiro atoms. The Kier molecular flexibility index (Phi) is 6.69. The van der Waals surface area contributed by atoms with Gasteiger partial charge in [-0.2, -0.15) is 0 Å². The molecule has 0 N–H and O–H groups in total. The first-order valence-corrected chi connectivity index (χ1v) is 9.36. The molecular formula is C21H16Cl2N2O4. The van der Waals surface area contributed by atoms with Gasteiger partial charge in [-0.15, -0.1) is 0 Å². The van der Waals surface area contributed by atoms with Crippen molar-refractivity contribution in [1.29, 1.82) is 0 Å². The van der Waals surface area contributed by atoms with Gasteiger partial charge < -0.3 is 9.64 Å². The van der Waals surface area contributed by atoms with Crippen LogP contribution in [-0.4, -0.2) is 17.4 Å². The molecule has 0 aromatic heterocycles. The molecule has 3 aromatic rings. The molecule has 29 heavy (non-hydrogen) atoms. The van der Waals surface area contributed by atoms with Gasteiger partial charge in [0.2, 0.25) is 0 Å². The standard InChI is InChI=1S/C21H16Cl2N2O4/c22-16-9-10-19(23)20(11-16)29-14-21(26)24(13-15-5-2-1-3-6-15)17-7-4-8-18(12-17)25(27)28/h1-12H,13-14H2. The van der Waals surface area contributed by atoms with Gasteiger partial charge in [-0.3, -0.25) is 14.9 Å². The maximum Gasteiger partial charge on any atom is 0.271 e. The van der Waals surface area contributed by atoms with E-state index in [2.05, 4.69) is 0 Å². The van der Waals surface area contributed by atoms with Gasteiger partial charge in [0.1, 0.15) is 5.75 Å². The SMILES string of the molecule is O=C(COc1cc(Cl)ccc1Cl)N(Cc1ccccc1)c1cccc([N+](=O)[O-])c1. The minimum atomic E-state index is -0.503. The Bertz CT molecular complexity index is 1030. The molecule has 3 aromatic carbocycles. The zero-order valence-electron chi connectivity index (χ0n) is 15.1. The van der Waals surface area contributed by atoms with Crippen molar-refractivity contribution in [3.63, 3.8) is 0 Å². The summed E-state index contributed by atoms with van der Waals surface area (Å²) in [6, 6.07) is 19.9. The maximum atomic E-state index is 13.0. The van der Waals surface area contributed by atoms with E-state index in [0.29, 0.717) is 15.7 Å². The van der Waals surface area contributed by atoms with E-state index in [1.54, 1.807) is 18.2 Å². The summed E-state index contributed by atoms with van der Waals surface area (Å²) in [7, 11) is 0. The van der Waals surface area contributed by atoms with Gasteiger partial charge in [-0.25, -0.2) is 0 Å². The van der Waals surface area contributed by atoms with E-state index in [0.717, 1.165) is 5.56 Å². The average molecular weight is 431 g/mol. The number of nitro groups is 1. The lowest BCUT2D eigenvalue weighted by Gasteiger charge is -2.23. The van der Waals surface area contributed by atoms with E-state index < -0.39 is 4.92 Å². The number of hydrogen-bond donors (Lipinski definition) is 0. The second-order valence-electron chi connectivity index (χ2n) is 6.11. The van der Waals surface area contributed by atoms with Crippen LogP contribution in [0.3, 0.4) is 0 Å². The fourth-order valence-corrected chi connectivity index (χ4v) is 3.00. The predicted molar refractivity (Wildman–Crippen MR) is 113 cm³/mol. The van der Waals surface area contributed by atoms with Crippen LogP contribution in [0.25, 0.3) is 0 Å². The summed E-state index contributed by atoms with van der Waals surface area (Å²) in [5.41, 5.74) is 1.16. The van der Waals surface area contributed by atoms with Crippen LogP contribution in [0.4, 0.5) is 11.4 Å². The van der Waals surface area contributed by atoms with E-state index in [9.17, 15) is 14.9 Å². The quantitative estimate of drug-likeness (QED) is 0.365. The molecular weight excluding hydrogens is 415 g/mol. The van der Waals surface area contributed by atoms with Gasteiger partial charge in [-0.1, -0.05) is 59.6 Å². The summed E-state index contributed by atoms with van der Waals surface area (Å²) in [6.45, 7) is -0.0803. The monoisotopic (exact) mass is 430 g/mol. The lowest BCUT2D eigenvalue weighted by Crippen LogP contribution is -2.34. The maximum absolute atomic E-state index is 13.0. The van der Waals surface area contributed by atoms with Crippen LogP contribution >= 0.6 is 23.2 Å². The molecule has 0 aliphatic heterocycles. The van der Waals surface area contributed by atoms with Crippen molar-refractivity contribution in [3.05, 3.63) is 98.5 Å². The number of carbonyl (C=O) groups excluding carboxylic acids is 1. The first-order valence-electron chi connectivity index (χ1n) is 8.60. The van der Waals surface area contributed by atoms with Crippen LogP contribution in [0.15, 0.2) is 72.8 Å². The van der Waals surface area contributed by atoms with E-state index in [-0.39, 0.29) is 30.5 Å². The van der Waals surface area contributed by atoms with Crippen LogP contribution in [0.2, 0.25) is 10.0 Å². The first kappa shape index (κ1) is 20.6. The zero-order valence-corrected chi connectivity index (χ0v) is 16.6. The van der Waals surface area contributed by atoms with E-state index in [1.165, 1.54) is 29.2 Å². The minimum absolute atomic E-state index is 0.104. The van der Waals surface area contributed by atoms with E-state index in [1.807, 2.05) is 30.3 Å². The van der Waals surface area contributed by atoms with Crippen molar-refractivity contribution in [3.8, 4) is 5.75 Å². The molecule has 148 valence electrons. The van der Waals surface area contributed by atoms with Gasteiger partial charge in [0.15, 0.2) is 6.61 Å². The number of anilines is 1. The molecule has 0 fully saturated rings. The Hall–Kier alpha value is -3.09. The summed E-state index contributed by atoms with van der Waals surface area (Å²) in [5.74, 6) is -0.100. The summed E-state index contributed by atoms with van der Waals surface area (Å²) in [5, 5.41) is 11.9. The third-order valence-electron chi connectivity index (χ3n) is 4.08. The Morgan fingerprint density at radius 1 is 1.00 bits per heavy atom. The molecule has 0 saturated heterocycles. The Labute approximate surface area is 177 Å². The number of ether oxygens (including phenoxy) is 1. The molecule has 0 bridgehead atoms. The third kappa shape index (κ3) is 5.47. The number of halogens is 2. The molecule has 0 heterocycles. The lowest BCUT2D eigenvalue weighted by atomic mass is 10.2. The van der Waals surface area contributed by atoms with Crippen molar-refractivity contribution in [2.45, 2.75) is 6.54 Å². The highest BCUT2D eigenvalue weighted by atomic mass is 35.5. The Morgan fingerprint density at radius 2 is 1.76 bits per heavy atom. The topological polar surface area (TPSA) is 72.7 Å². The van der Waals surface area contributed by atoms with Crippen molar-refractivity contribution in [2.75, 3.05) is 11.5 Å². The fourth-order valence-electron chi connectivity index (χ4n) is 2.67. The lowest BCUT2D eigenvalue weighted by molar-refractivity contribution is -0.384. The number of amides is 1. The van der Waals surface area contributed by atoms with E-state index >= 15 is 0 Å². The van der Waals surface area contributed by atoms with Crippen LogP contribution in [0, 0.1) is 10.1 Å². The van der Waals surface area contributed by atoms with Gasteiger partial charge in [0.05, 0.1) is 22.2 Å². The normalized spacial score (nSPS) is 10.4. The molecule has 0 aliphatic carbocycles. The highest BCUT2D eigenvalue weighted by Crippen LogP contribution is 2.28. The first-order chi connectivity index (χ1) is 13.9. The third-order valence-corrected chi connectivity index (χ3v) is 4.63. The summed E-state index contributed by atoms with van der Waals surface area (Å²) < 4.78 is 5.56. The number of benzene rings is 3. The van der Waals surface area contributed by atoms with Gasteiger partial charge in [0, 0.05) is 23.2 Å². The summed E-state index contributed by atoms with van der Waals surface area (Å²) >= 11 is 12.0. The molecule has 0 atom stereocenters. The van der Waals surface area contributed by atoms with Crippen LogP contribution in [0.1, 0.15) is 5.56 Å². The minimum Gasteiger partial charge on any atom is -0.482 e. The molecule has 0 radical (unpaired) electrons. The fraction of sp³-hybridized carbons (Fsp3) is 0.0952. The second kappa shape index (κ2) is 9.41. The molecule has 0 aliphatic rings. The van der Waals surface area contributed by atoms with Crippen LogP contribution < -0.4 is 9.64 Å². The largest absolute Gasteiger partial charge is 0.482 e. The average Bonchev–Trinajstić information content (AvgIpc) is 2.73. The molecule has 1 amide bonds. The molecule has 6 nitrogen and oxygen atoms in total. The summed E-state index contributed by atoms with van der Waals surface area (Å²) in [6.07, 6.45) is 0. The zero-order chi connectivity index (χ0) is 20.8. The number of nitrogens with zero attached hydrogens (tertiary/aromatic N) is 2. The van der Waals surface area contributed by atoms with Crippen molar-refractivity contribution >= 4 is 40.5 Å². The van der Waals surface area contributed by atoms with Crippen molar-refractivity contribution < 1.29 is 14.5 Å². The molecule has 0 saturated carbocycles. The summed E-state index contributed by atoms with van der Waals surface area (Å²) in [4.78, 5) is 25.0. The smallest absolute Gasteiger partial charge is 0.271 e. The van der Waals surface area contributed by atoms with Crippen molar-refractivity contribution in [1.82, 2.24) is 0 Å². The number of non-ortho nitro benzene ring substituents is 1. The number of hydrogen-bond acceptors (Lipinski definition) is 4. The predicted octanol–water partition coefficient (Wildman–Crippen LogP) is 5.51. The second-order valence-corrected chi connectivity index (χ2v) is 6.95. The Balaban J connectivity index is 1.85. The van der Waals surface area contributed by atoms with Gasteiger partial charge >= 0.3 is 0 Å². The van der Waals surface area contributed by atoms with Crippen molar-refractivity contribution in [2.24, 2.45) is 0 Å². The van der Waals surface area contributed by atoms with Gasteiger partial charge in [0.25, 0.3) is 11.6 Å².